The molecule has 1 aromatic carbocycles. The summed E-state index contributed by atoms with van der Waals surface area (Å²) in [6, 6.07) is 13.3. The standard InChI is InChI=1S/C21H23N5O2/c27-21(24-14-17-8-4-10-23-20(17)26-12-11-22-15-26)25-19(18-9-5-13-28-18)16-6-2-1-3-7-16/h1-4,6-8,10-12,15,18-19H,5,9,13-14H2,(H2,24,25,27). The van der Waals surface area contributed by atoms with E-state index in [2.05, 4.69) is 20.6 Å². The van der Waals surface area contributed by atoms with E-state index in [0.29, 0.717) is 6.54 Å². The molecule has 1 aliphatic rings. The maximum atomic E-state index is 12.6. The van der Waals surface area contributed by atoms with Gasteiger partial charge in [0.25, 0.3) is 0 Å². The molecule has 0 radical (unpaired) electrons. The highest BCUT2D eigenvalue weighted by molar-refractivity contribution is 5.74. The molecule has 0 aliphatic carbocycles. The van der Waals surface area contributed by atoms with Crippen LogP contribution in [0.2, 0.25) is 0 Å². The molecule has 3 heterocycles. The van der Waals surface area contributed by atoms with Gasteiger partial charge in [-0.15, -0.1) is 0 Å². The fourth-order valence-electron chi connectivity index (χ4n) is 3.47. The summed E-state index contributed by atoms with van der Waals surface area (Å²) in [7, 11) is 0. The molecule has 0 saturated carbocycles. The Hall–Kier alpha value is -3.19. The molecule has 0 bridgehead atoms. The van der Waals surface area contributed by atoms with E-state index < -0.39 is 0 Å². The van der Waals surface area contributed by atoms with Gasteiger partial charge in [0, 0.05) is 37.3 Å². The third kappa shape index (κ3) is 4.20. The molecule has 7 heteroatoms. The van der Waals surface area contributed by atoms with Crippen LogP contribution in [0.5, 0.6) is 0 Å². The van der Waals surface area contributed by atoms with E-state index >= 15 is 0 Å². The van der Waals surface area contributed by atoms with Gasteiger partial charge in [0.05, 0.1) is 12.1 Å². The van der Waals surface area contributed by atoms with Crippen molar-refractivity contribution in [2.24, 2.45) is 0 Å². The summed E-state index contributed by atoms with van der Waals surface area (Å²) < 4.78 is 7.67. The monoisotopic (exact) mass is 377 g/mol. The largest absolute Gasteiger partial charge is 0.376 e. The Kier molecular flexibility index (Phi) is 5.63. The Labute approximate surface area is 163 Å². The summed E-state index contributed by atoms with van der Waals surface area (Å²) in [6.07, 6.45) is 8.89. The highest BCUT2D eigenvalue weighted by Gasteiger charge is 2.28. The molecular formula is C21H23N5O2. The fourth-order valence-corrected chi connectivity index (χ4v) is 3.47. The van der Waals surface area contributed by atoms with Crippen molar-refractivity contribution in [2.75, 3.05) is 6.61 Å². The van der Waals surface area contributed by atoms with Gasteiger partial charge < -0.3 is 15.4 Å². The summed E-state index contributed by atoms with van der Waals surface area (Å²) in [6.45, 7) is 1.10. The number of aromatic nitrogens is 3. The molecule has 2 unspecified atom stereocenters. The van der Waals surface area contributed by atoms with Gasteiger partial charge in [0.2, 0.25) is 0 Å². The molecule has 7 nitrogen and oxygen atoms in total. The minimum absolute atomic E-state index is 0.00643. The van der Waals surface area contributed by atoms with Gasteiger partial charge in [-0.2, -0.15) is 0 Å². The minimum Gasteiger partial charge on any atom is -0.376 e. The number of nitrogens with one attached hydrogen (secondary N) is 2. The highest BCUT2D eigenvalue weighted by atomic mass is 16.5. The van der Waals surface area contributed by atoms with Crippen LogP contribution >= 0.6 is 0 Å². The molecule has 2 N–H and O–H groups in total. The summed E-state index contributed by atoms with van der Waals surface area (Å²) in [4.78, 5) is 21.1. The highest BCUT2D eigenvalue weighted by Crippen LogP contribution is 2.26. The smallest absolute Gasteiger partial charge is 0.315 e. The zero-order chi connectivity index (χ0) is 19.2. The van der Waals surface area contributed by atoms with Gasteiger partial charge in [-0.25, -0.2) is 14.8 Å². The van der Waals surface area contributed by atoms with E-state index in [9.17, 15) is 4.79 Å². The van der Waals surface area contributed by atoms with Crippen LogP contribution in [0, 0.1) is 0 Å². The lowest BCUT2D eigenvalue weighted by Crippen LogP contribution is -2.42. The number of amides is 2. The third-order valence-electron chi connectivity index (χ3n) is 4.84. The number of ether oxygens (including phenoxy) is 1. The van der Waals surface area contributed by atoms with Crippen molar-refractivity contribution < 1.29 is 9.53 Å². The van der Waals surface area contributed by atoms with Crippen molar-refractivity contribution in [1.82, 2.24) is 25.2 Å². The first-order chi connectivity index (χ1) is 13.8. The topological polar surface area (TPSA) is 81.1 Å². The number of benzene rings is 1. The molecular weight excluding hydrogens is 354 g/mol. The van der Waals surface area contributed by atoms with Gasteiger partial charge in [-0.3, -0.25) is 4.57 Å². The van der Waals surface area contributed by atoms with Crippen molar-refractivity contribution in [3.05, 3.63) is 78.5 Å². The molecule has 0 spiro atoms. The molecule has 1 fully saturated rings. The third-order valence-corrected chi connectivity index (χ3v) is 4.84. The van der Waals surface area contributed by atoms with Crippen molar-refractivity contribution in [3.8, 4) is 5.82 Å². The van der Waals surface area contributed by atoms with Gasteiger partial charge in [-0.1, -0.05) is 36.4 Å². The summed E-state index contributed by atoms with van der Waals surface area (Å²) in [5, 5.41) is 6.03. The molecule has 3 aromatic rings. The van der Waals surface area contributed by atoms with Crippen LogP contribution in [0.25, 0.3) is 5.82 Å². The molecule has 2 amide bonds. The molecule has 28 heavy (non-hydrogen) atoms. The number of nitrogens with zero attached hydrogens (tertiary/aromatic N) is 3. The summed E-state index contributed by atoms with van der Waals surface area (Å²) >= 11 is 0. The number of pyridine rings is 1. The van der Waals surface area contributed by atoms with Crippen LogP contribution in [0.3, 0.4) is 0 Å². The average molecular weight is 377 g/mol. The SMILES string of the molecule is O=C(NCc1cccnc1-n1ccnc1)NC(c1ccccc1)C1CCCO1. The molecule has 2 atom stereocenters. The molecule has 1 aliphatic heterocycles. The zero-order valence-corrected chi connectivity index (χ0v) is 15.5. The second kappa shape index (κ2) is 8.67. The van der Waals surface area contributed by atoms with E-state index in [1.807, 2.05) is 53.2 Å². The molecule has 1 saturated heterocycles. The van der Waals surface area contributed by atoms with Crippen LogP contribution in [-0.4, -0.2) is 33.3 Å². The molecule has 4 rings (SSSR count). The first-order valence-corrected chi connectivity index (χ1v) is 9.44. The van der Waals surface area contributed by atoms with E-state index in [1.54, 1.807) is 18.7 Å². The van der Waals surface area contributed by atoms with E-state index in [0.717, 1.165) is 36.4 Å². The molecule has 2 aromatic heterocycles. The lowest BCUT2D eigenvalue weighted by atomic mass is 9.99. The van der Waals surface area contributed by atoms with Crippen molar-refractivity contribution in [1.29, 1.82) is 0 Å². The number of urea groups is 1. The number of carbonyl (C=O) groups is 1. The normalized spacial score (nSPS) is 17.2. The van der Waals surface area contributed by atoms with Crippen LogP contribution in [0.1, 0.15) is 30.0 Å². The Morgan fingerprint density at radius 1 is 1.21 bits per heavy atom. The van der Waals surface area contributed by atoms with Crippen LogP contribution in [0.4, 0.5) is 4.79 Å². The van der Waals surface area contributed by atoms with E-state index in [1.165, 1.54) is 0 Å². The van der Waals surface area contributed by atoms with Crippen molar-refractivity contribution in [2.45, 2.75) is 31.5 Å². The Bertz CT molecular complexity index is 892. The number of imidazole rings is 1. The Morgan fingerprint density at radius 2 is 2.11 bits per heavy atom. The van der Waals surface area contributed by atoms with Crippen molar-refractivity contribution in [3.63, 3.8) is 0 Å². The number of hydrogen-bond acceptors (Lipinski definition) is 4. The first-order valence-electron chi connectivity index (χ1n) is 9.44. The van der Waals surface area contributed by atoms with Crippen LogP contribution in [-0.2, 0) is 11.3 Å². The lowest BCUT2D eigenvalue weighted by molar-refractivity contribution is 0.0807. The predicted octanol–water partition coefficient (Wildman–Crippen LogP) is 2.99. The maximum Gasteiger partial charge on any atom is 0.315 e. The van der Waals surface area contributed by atoms with Crippen molar-refractivity contribution >= 4 is 6.03 Å². The first kappa shape index (κ1) is 18.2. The predicted molar refractivity (Wildman–Crippen MR) is 105 cm³/mol. The zero-order valence-electron chi connectivity index (χ0n) is 15.5. The summed E-state index contributed by atoms with van der Waals surface area (Å²) in [5.74, 6) is 0.749. The van der Waals surface area contributed by atoms with Gasteiger partial charge in [-0.05, 0) is 24.5 Å². The van der Waals surface area contributed by atoms with Crippen LogP contribution < -0.4 is 10.6 Å². The minimum atomic E-state index is -0.232. The second-order valence-electron chi connectivity index (χ2n) is 6.72. The Morgan fingerprint density at radius 3 is 2.86 bits per heavy atom. The van der Waals surface area contributed by atoms with Gasteiger partial charge >= 0.3 is 6.03 Å². The lowest BCUT2D eigenvalue weighted by Gasteiger charge is -2.25. The molecule has 144 valence electrons. The number of carbonyl (C=O) groups excluding carboxylic acids is 1. The number of hydrogen-bond donors (Lipinski definition) is 2. The fraction of sp³-hybridized carbons (Fsp3) is 0.286. The second-order valence-corrected chi connectivity index (χ2v) is 6.72. The average Bonchev–Trinajstić information content (AvgIpc) is 3.46. The van der Waals surface area contributed by atoms with Gasteiger partial charge in [0.1, 0.15) is 12.1 Å². The van der Waals surface area contributed by atoms with Crippen LogP contribution in [0.15, 0.2) is 67.4 Å². The van der Waals surface area contributed by atoms with E-state index in [4.69, 9.17) is 4.74 Å². The Balaban J connectivity index is 1.44. The summed E-state index contributed by atoms with van der Waals surface area (Å²) in [5.41, 5.74) is 1.95. The van der Waals surface area contributed by atoms with E-state index in [-0.39, 0.29) is 18.2 Å². The maximum absolute atomic E-state index is 12.6. The van der Waals surface area contributed by atoms with Gasteiger partial charge in [0.15, 0.2) is 0 Å². The number of rotatable bonds is 6. The quantitative estimate of drug-likeness (QED) is 0.692.